The predicted octanol–water partition coefficient (Wildman–Crippen LogP) is 3.95. The Labute approximate surface area is 220 Å². The number of hydrogen-bond donors (Lipinski definition) is 1. The predicted molar refractivity (Wildman–Crippen MR) is 145 cm³/mol. The molecule has 198 valence electrons. The summed E-state index contributed by atoms with van der Waals surface area (Å²) in [5.41, 5.74) is 8.02. The zero-order valence-corrected chi connectivity index (χ0v) is 21.4. The minimum absolute atomic E-state index is 0.234. The van der Waals surface area contributed by atoms with E-state index >= 15 is 0 Å². The summed E-state index contributed by atoms with van der Waals surface area (Å²) in [7, 11) is 0. The van der Waals surface area contributed by atoms with E-state index in [0.29, 0.717) is 33.9 Å². The zero-order valence-electron chi connectivity index (χ0n) is 21.4. The fraction of sp³-hybridized carbons (Fsp3) is 0.393. The maximum atomic E-state index is 15.0. The third-order valence-corrected chi connectivity index (χ3v) is 7.58. The van der Waals surface area contributed by atoms with Gasteiger partial charge in [0, 0.05) is 44.8 Å². The van der Waals surface area contributed by atoms with Gasteiger partial charge in [0.25, 0.3) is 0 Å². The molecule has 0 spiro atoms. The molecular weight excluding hydrogens is 486 g/mol. The van der Waals surface area contributed by atoms with Gasteiger partial charge >= 0.3 is 0 Å². The van der Waals surface area contributed by atoms with Crippen molar-refractivity contribution in [3.63, 3.8) is 0 Å². The van der Waals surface area contributed by atoms with Gasteiger partial charge in [-0.15, -0.1) is 5.10 Å². The first-order valence-corrected chi connectivity index (χ1v) is 13.3. The standard InChI is InChI=1S/C28H32F2N8/c29-20-7-6-8-21(19-20)38-26(31)24-25(22-9-2-3-10-23(22)30)32-28(33-27(24)34-38)37-17-15-36(16-18-37)14-13-35-11-4-1-5-12-35/h2-3,6-10,19H,1,4-5,11-18,31H2. The van der Waals surface area contributed by atoms with Gasteiger partial charge in [0.05, 0.1) is 16.8 Å². The first-order valence-electron chi connectivity index (χ1n) is 13.3. The summed E-state index contributed by atoms with van der Waals surface area (Å²) in [6.07, 6.45) is 3.95. The number of piperidine rings is 1. The largest absolute Gasteiger partial charge is 0.383 e. The van der Waals surface area contributed by atoms with Crippen LogP contribution in [0, 0.1) is 11.6 Å². The lowest BCUT2D eigenvalue weighted by Gasteiger charge is -2.36. The Morgan fingerprint density at radius 1 is 0.789 bits per heavy atom. The number of benzene rings is 2. The topological polar surface area (TPSA) is 79.3 Å². The quantitative estimate of drug-likeness (QED) is 0.414. The molecule has 2 N–H and O–H groups in total. The van der Waals surface area contributed by atoms with Crippen LogP contribution < -0.4 is 10.6 Å². The van der Waals surface area contributed by atoms with E-state index in [1.807, 2.05) is 0 Å². The van der Waals surface area contributed by atoms with E-state index in [2.05, 4.69) is 19.8 Å². The maximum Gasteiger partial charge on any atom is 0.228 e. The second kappa shape index (κ2) is 10.6. The van der Waals surface area contributed by atoms with Crippen molar-refractivity contribution in [2.75, 3.05) is 63.0 Å². The third-order valence-electron chi connectivity index (χ3n) is 7.58. The lowest BCUT2D eigenvalue weighted by molar-refractivity contribution is 0.176. The van der Waals surface area contributed by atoms with Crippen LogP contribution in [0.5, 0.6) is 0 Å². The molecule has 0 unspecified atom stereocenters. The van der Waals surface area contributed by atoms with Crippen LogP contribution in [0.2, 0.25) is 0 Å². The number of nitrogens with zero attached hydrogens (tertiary/aromatic N) is 7. The van der Waals surface area contributed by atoms with E-state index in [0.717, 1.165) is 39.3 Å². The molecule has 0 saturated carbocycles. The lowest BCUT2D eigenvalue weighted by atomic mass is 10.1. The second-order valence-corrected chi connectivity index (χ2v) is 10.1. The highest BCUT2D eigenvalue weighted by atomic mass is 19.1. The SMILES string of the molecule is Nc1c2c(-c3ccccc3F)nc(N3CCN(CCN4CCCCC4)CC3)nc2nn1-c1cccc(F)c1. The number of anilines is 2. The number of hydrogen-bond acceptors (Lipinski definition) is 7. The van der Waals surface area contributed by atoms with E-state index in [9.17, 15) is 8.78 Å². The summed E-state index contributed by atoms with van der Waals surface area (Å²) in [5.74, 6) is -0.0761. The van der Waals surface area contributed by atoms with Gasteiger partial charge in [0.1, 0.15) is 17.5 Å². The van der Waals surface area contributed by atoms with Crippen LogP contribution in [0.4, 0.5) is 20.5 Å². The molecular formula is C28H32F2N8. The Balaban J connectivity index is 1.31. The van der Waals surface area contributed by atoms with Crippen LogP contribution in [0.15, 0.2) is 48.5 Å². The minimum atomic E-state index is -0.404. The van der Waals surface area contributed by atoms with Crippen molar-refractivity contribution < 1.29 is 8.78 Å². The van der Waals surface area contributed by atoms with Gasteiger partial charge < -0.3 is 15.5 Å². The molecule has 6 rings (SSSR count). The molecule has 0 atom stereocenters. The van der Waals surface area contributed by atoms with E-state index in [4.69, 9.17) is 15.7 Å². The Morgan fingerprint density at radius 3 is 2.26 bits per heavy atom. The molecule has 4 heterocycles. The number of halogens is 2. The van der Waals surface area contributed by atoms with Gasteiger partial charge in [-0.1, -0.05) is 24.6 Å². The average Bonchev–Trinajstić information content (AvgIpc) is 3.29. The van der Waals surface area contributed by atoms with E-state index in [-0.39, 0.29) is 5.82 Å². The summed E-state index contributed by atoms with van der Waals surface area (Å²) in [5, 5.41) is 5.05. The second-order valence-electron chi connectivity index (χ2n) is 10.1. The molecule has 10 heteroatoms. The zero-order chi connectivity index (χ0) is 26.1. The molecule has 2 aliphatic heterocycles. The Hall–Kier alpha value is -3.63. The minimum Gasteiger partial charge on any atom is -0.383 e. The fourth-order valence-corrected chi connectivity index (χ4v) is 5.43. The van der Waals surface area contributed by atoms with E-state index in [1.54, 1.807) is 30.3 Å². The van der Waals surface area contributed by atoms with Crippen molar-refractivity contribution in [2.24, 2.45) is 0 Å². The monoisotopic (exact) mass is 518 g/mol. The molecule has 2 fully saturated rings. The molecule has 0 bridgehead atoms. The molecule has 2 aromatic carbocycles. The first kappa shape index (κ1) is 24.7. The van der Waals surface area contributed by atoms with Crippen molar-refractivity contribution in [1.82, 2.24) is 29.5 Å². The number of nitrogen functional groups attached to an aromatic ring is 1. The Bertz CT molecular complexity index is 1420. The molecule has 0 radical (unpaired) electrons. The van der Waals surface area contributed by atoms with Crippen LogP contribution in [-0.2, 0) is 0 Å². The number of likely N-dealkylation sites (tertiary alicyclic amines) is 1. The van der Waals surface area contributed by atoms with Crippen LogP contribution >= 0.6 is 0 Å². The van der Waals surface area contributed by atoms with Gasteiger partial charge in [-0.25, -0.2) is 18.4 Å². The molecule has 0 amide bonds. The lowest BCUT2D eigenvalue weighted by Crippen LogP contribution is -2.49. The van der Waals surface area contributed by atoms with Gasteiger partial charge in [-0.05, 0) is 56.3 Å². The number of aromatic nitrogens is 4. The van der Waals surface area contributed by atoms with Crippen molar-refractivity contribution in [1.29, 1.82) is 0 Å². The van der Waals surface area contributed by atoms with Gasteiger partial charge in [0.15, 0.2) is 5.65 Å². The number of piperazine rings is 1. The van der Waals surface area contributed by atoms with E-state index in [1.165, 1.54) is 55.2 Å². The molecule has 2 aromatic heterocycles. The molecule has 2 saturated heterocycles. The number of rotatable bonds is 6. The third kappa shape index (κ3) is 4.93. The summed E-state index contributed by atoms with van der Waals surface area (Å²) in [6, 6.07) is 12.5. The molecule has 2 aliphatic rings. The molecule has 38 heavy (non-hydrogen) atoms. The van der Waals surface area contributed by atoms with Crippen molar-refractivity contribution in [3.05, 3.63) is 60.2 Å². The van der Waals surface area contributed by atoms with Gasteiger partial charge in [0.2, 0.25) is 5.95 Å². The summed E-state index contributed by atoms with van der Waals surface area (Å²) in [6.45, 7) is 7.93. The van der Waals surface area contributed by atoms with Crippen LogP contribution in [0.1, 0.15) is 19.3 Å². The fourth-order valence-electron chi connectivity index (χ4n) is 5.43. The summed E-state index contributed by atoms with van der Waals surface area (Å²) in [4.78, 5) is 16.7. The molecule has 0 aliphatic carbocycles. The Morgan fingerprint density at radius 2 is 1.53 bits per heavy atom. The first-order chi connectivity index (χ1) is 18.6. The van der Waals surface area contributed by atoms with Gasteiger partial charge in [-0.2, -0.15) is 4.98 Å². The highest BCUT2D eigenvalue weighted by molar-refractivity contribution is 5.99. The van der Waals surface area contributed by atoms with E-state index < -0.39 is 11.6 Å². The van der Waals surface area contributed by atoms with Crippen molar-refractivity contribution in [2.45, 2.75) is 19.3 Å². The van der Waals surface area contributed by atoms with Gasteiger partial charge in [-0.3, -0.25) is 4.90 Å². The normalized spacial score (nSPS) is 17.4. The van der Waals surface area contributed by atoms with Crippen molar-refractivity contribution >= 4 is 22.8 Å². The number of nitrogens with two attached hydrogens (primary N) is 1. The number of fused-ring (bicyclic) bond motifs is 1. The van der Waals surface area contributed by atoms with Crippen molar-refractivity contribution in [3.8, 4) is 16.9 Å². The highest BCUT2D eigenvalue weighted by Gasteiger charge is 2.25. The Kier molecular flexibility index (Phi) is 6.90. The molecule has 4 aromatic rings. The van der Waals surface area contributed by atoms with Crippen LogP contribution in [0.3, 0.4) is 0 Å². The summed E-state index contributed by atoms with van der Waals surface area (Å²) >= 11 is 0. The smallest absolute Gasteiger partial charge is 0.228 e. The average molecular weight is 519 g/mol. The van der Waals surface area contributed by atoms with Crippen LogP contribution in [-0.4, -0.2) is 81.9 Å². The van der Waals surface area contributed by atoms with Crippen LogP contribution in [0.25, 0.3) is 28.0 Å². The maximum absolute atomic E-state index is 15.0. The molecule has 8 nitrogen and oxygen atoms in total. The highest BCUT2D eigenvalue weighted by Crippen LogP contribution is 2.34. The summed E-state index contributed by atoms with van der Waals surface area (Å²) < 4.78 is 30.4.